The van der Waals surface area contributed by atoms with Crippen molar-refractivity contribution in [3.05, 3.63) is 45.6 Å². The molecule has 0 bridgehead atoms. The summed E-state index contributed by atoms with van der Waals surface area (Å²) in [6.07, 6.45) is 4.57. The molecule has 2 aromatic rings. The van der Waals surface area contributed by atoms with Crippen LogP contribution in [0, 0.1) is 3.57 Å². The van der Waals surface area contributed by atoms with Gasteiger partial charge in [0.15, 0.2) is 0 Å². The molecule has 0 amide bonds. The molecule has 0 aliphatic rings. The second-order valence-corrected chi connectivity index (χ2v) is 5.48. The molecular weight excluding hydrogens is 371 g/mol. The number of aryl methyl sites for hydroxylation is 1. The van der Waals surface area contributed by atoms with Crippen molar-refractivity contribution in [2.45, 2.75) is 26.5 Å². The van der Waals surface area contributed by atoms with Crippen LogP contribution in [0.2, 0.25) is 0 Å². The van der Waals surface area contributed by atoms with Crippen LogP contribution in [-0.2, 0) is 13.2 Å². The highest BCUT2D eigenvalue weighted by Gasteiger charge is 2.09. The maximum Gasteiger partial charge on any atom is 0.335 e. The van der Waals surface area contributed by atoms with Gasteiger partial charge in [0, 0.05) is 6.54 Å². The van der Waals surface area contributed by atoms with Crippen molar-refractivity contribution < 1.29 is 14.6 Å². The van der Waals surface area contributed by atoms with Gasteiger partial charge < -0.3 is 14.4 Å². The van der Waals surface area contributed by atoms with Gasteiger partial charge in [-0.15, -0.1) is 0 Å². The highest BCUT2D eigenvalue weighted by atomic mass is 127. The van der Waals surface area contributed by atoms with E-state index in [1.54, 1.807) is 30.7 Å². The molecule has 0 saturated carbocycles. The molecule has 106 valence electrons. The first-order chi connectivity index (χ1) is 9.61. The number of halogens is 1. The quantitative estimate of drug-likeness (QED) is 0.775. The molecule has 0 aliphatic carbocycles. The molecule has 5 nitrogen and oxygen atoms in total. The molecule has 0 radical (unpaired) electrons. The third-order valence-corrected chi connectivity index (χ3v) is 3.71. The number of nitrogens with zero attached hydrogens (tertiary/aromatic N) is 2. The number of carboxylic acids is 1. The van der Waals surface area contributed by atoms with Gasteiger partial charge in [-0.25, -0.2) is 9.78 Å². The number of carbonyl (C=O) groups is 1. The van der Waals surface area contributed by atoms with E-state index in [2.05, 4.69) is 34.5 Å². The normalized spacial score (nSPS) is 10.5. The second kappa shape index (κ2) is 6.74. The average molecular weight is 386 g/mol. The molecule has 2 rings (SSSR count). The summed E-state index contributed by atoms with van der Waals surface area (Å²) in [5, 5.41) is 8.99. The molecule has 20 heavy (non-hydrogen) atoms. The van der Waals surface area contributed by atoms with Gasteiger partial charge in [-0.3, -0.25) is 0 Å². The lowest BCUT2D eigenvalue weighted by molar-refractivity contribution is 0.0696. The Kier molecular flexibility index (Phi) is 4.99. The zero-order valence-electron chi connectivity index (χ0n) is 11.0. The van der Waals surface area contributed by atoms with Crippen LogP contribution in [0.3, 0.4) is 0 Å². The lowest BCUT2D eigenvalue weighted by atomic mass is 10.2. The van der Waals surface area contributed by atoms with E-state index in [9.17, 15) is 4.79 Å². The number of aromatic carboxylic acids is 1. The predicted octanol–water partition coefficient (Wildman–Crippen LogP) is 3.17. The van der Waals surface area contributed by atoms with Crippen molar-refractivity contribution in [3.8, 4) is 5.75 Å². The van der Waals surface area contributed by atoms with Crippen LogP contribution in [-0.4, -0.2) is 20.6 Å². The van der Waals surface area contributed by atoms with Crippen LogP contribution in [0.4, 0.5) is 0 Å². The summed E-state index contributed by atoms with van der Waals surface area (Å²) in [5.41, 5.74) is 1.20. The number of hydrogen-bond acceptors (Lipinski definition) is 3. The van der Waals surface area contributed by atoms with Crippen molar-refractivity contribution in [1.29, 1.82) is 0 Å². The van der Waals surface area contributed by atoms with Crippen LogP contribution in [0.1, 0.15) is 29.4 Å². The smallest absolute Gasteiger partial charge is 0.335 e. The lowest BCUT2D eigenvalue weighted by Crippen LogP contribution is -2.06. The van der Waals surface area contributed by atoms with Crippen molar-refractivity contribution in [2.24, 2.45) is 0 Å². The van der Waals surface area contributed by atoms with E-state index in [4.69, 9.17) is 9.84 Å². The minimum absolute atomic E-state index is 0.225. The van der Waals surface area contributed by atoms with Gasteiger partial charge in [-0.1, -0.05) is 6.92 Å². The molecule has 0 aliphatic heterocycles. The number of rotatable bonds is 6. The topological polar surface area (TPSA) is 64.4 Å². The minimum Gasteiger partial charge on any atom is -0.486 e. The van der Waals surface area contributed by atoms with Gasteiger partial charge in [-0.05, 0) is 47.2 Å². The molecule has 1 aromatic heterocycles. The van der Waals surface area contributed by atoms with Gasteiger partial charge >= 0.3 is 5.97 Å². The molecular formula is C14H15IN2O3. The van der Waals surface area contributed by atoms with Gasteiger partial charge in [-0.2, -0.15) is 0 Å². The number of ether oxygens (including phenoxy) is 1. The van der Waals surface area contributed by atoms with Crippen LogP contribution in [0.15, 0.2) is 30.7 Å². The number of benzene rings is 1. The second-order valence-electron chi connectivity index (χ2n) is 4.32. The third-order valence-electron chi connectivity index (χ3n) is 2.82. The third kappa shape index (κ3) is 3.50. The molecule has 0 atom stereocenters. The fourth-order valence-electron chi connectivity index (χ4n) is 1.81. The van der Waals surface area contributed by atoms with E-state index in [0.717, 1.165) is 22.2 Å². The Bertz CT molecular complexity index is 610. The van der Waals surface area contributed by atoms with Crippen molar-refractivity contribution >= 4 is 28.6 Å². The first-order valence-corrected chi connectivity index (χ1v) is 7.34. The molecule has 1 aromatic carbocycles. The number of imidazole rings is 1. The summed E-state index contributed by atoms with van der Waals surface area (Å²) >= 11 is 2.13. The molecule has 1 N–H and O–H groups in total. The van der Waals surface area contributed by atoms with Gasteiger partial charge in [0.05, 0.1) is 27.4 Å². The van der Waals surface area contributed by atoms with Crippen molar-refractivity contribution in [2.75, 3.05) is 0 Å². The number of hydrogen-bond donors (Lipinski definition) is 1. The monoisotopic (exact) mass is 386 g/mol. The standard InChI is InChI=1S/C14H15IN2O3/c1-2-5-17-9-16-7-11(17)8-20-13-6-10(14(18)19)3-4-12(13)15/h3-4,6-7,9H,2,5,8H2,1H3,(H,18,19). The highest BCUT2D eigenvalue weighted by Crippen LogP contribution is 2.23. The van der Waals surface area contributed by atoms with E-state index in [1.807, 2.05) is 4.57 Å². The molecule has 0 saturated heterocycles. The molecule has 1 heterocycles. The van der Waals surface area contributed by atoms with Crippen LogP contribution in [0.25, 0.3) is 0 Å². The van der Waals surface area contributed by atoms with Crippen LogP contribution in [0.5, 0.6) is 5.75 Å². The zero-order chi connectivity index (χ0) is 14.5. The Balaban J connectivity index is 2.12. The summed E-state index contributed by atoms with van der Waals surface area (Å²) in [6.45, 7) is 3.37. The summed E-state index contributed by atoms with van der Waals surface area (Å²) < 4.78 is 8.65. The van der Waals surface area contributed by atoms with E-state index in [0.29, 0.717) is 12.4 Å². The maximum atomic E-state index is 11.0. The first-order valence-electron chi connectivity index (χ1n) is 6.26. The van der Waals surface area contributed by atoms with Gasteiger partial charge in [0.2, 0.25) is 0 Å². The summed E-state index contributed by atoms with van der Waals surface area (Å²) in [6, 6.07) is 4.85. The van der Waals surface area contributed by atoms with Gasteiger partial charge in [0.1, 0.15) is 12.4 Å². The Labute approximate surface area is 130 Å². The summed E-state index contributed by atoms with van der Waals surface area (Å²) in [7, 11) is 0. The number of aromatic nitrogens is 2. The van der Waals surface area contributed by atoms with Crippen molar-refractivity contribution in [1.82, 2.24) is 9.55 Å². The SMILES string of the molecule is CCCn1cncc1COc1cc(C(=O)O)ccc1I. The van der Waals surface area contributed by atoms with Crippen LogP contribution >= 0.6 is 22.6 Å². The molecule has 0 unspecified atom stereocenters. The minimum atomic E-state index is -0.956. The first kappa shape index (κ1) is 14.8. The largest absolute Gasteiger partial charge is 0.486 e. The van der Waals surface area contributed by atoms with Crippen LogP contribution < -0.4 is 4.74 Å². The Morgan fingerprint density at radius 3 is 3.00 bits per heavy atom. The fourth-order valence-corrected chi connectivity index (χ4v) is 2.30. The zero-order valence-corrected chi connectivity index (χ0v) is 13.2. The Morgan fingerprint density at radius 1 is 1.50 bits per heavy atom. The number of carboxylic acid groups (broad SMARTS) is 1. The summed E-state index contributed by atoms with van der Waals surface area (Å²) in [5.74, 6) is -0.378. The fraction of sp³-hybridized carbons (Fsp3) is 0.286. The van der Waals surface area contributed by atoms with E-state index in [1.165, 1.54) is 0 Å². The van der Waals surface area contributed by atoms with E-state index in [-0.39, 0.29) is 5.56 Å². The van der Waals surface area contributed by atoms with E-state index >= 15 is 0 Å². The predicted molar refractivity (Wildman–Crippen MR) is 83.0 cm³/mol. The molecule has 0 fully saturated rings. The highest BCUT2D eigenvalue weighted by molar-refractivity contribution is 14.1. The lowest BCUT2D eigenvalue weighted by Gasteiger charge is -2.10. The molecule has 6 heteroatoms. The average Bonchev–Trinajstić information content (AvgIpc) is 2.85. The Morgan fingerprint density at radius 2 is 2.30 bits per heavy atom. The van der Waals surface area contributed by atoms with E-state index < -0.39 is 5.97 Å². The summed E-state index contributed by atoms with van der Waals surface area (Å²) in [4.78, 5) is 15.1. The maximum absolute atomic E-state index is 11.0. The van der Waals surface area contributed by atoms with Gasteiger partial charge in [0.25, 0.3) is 0 Å². The Hall–Kier alpha value is -1.57. The van der Waals surface area contributed by atoms with Crippen molar-refractivity contribution in [3.63, 3.8) is 0 Å². The molecule has 0 spiro atoms.